The van der Waals surface area contributed by atoms with Crippen LogP contribution in [0.1, 0.15) is 5.56 Å². The first-order valence-electron chi connectivity index (χ1n) is 7.16. The van der Waals surface area contributed by atoms with Crippen molar-refractivity contribution in [1.82, 2.24) is 0 Å². The molecule has 5 nitrogen and oxygen atoms in total. The monoisotopic (exact) mass is 375 g/mol. The van der Waals surface area contributed by atoms with Crippen LogP contribution in [0.3, 0.4) is 0 Å². The number of benzene rings is 2. The summed E-state index contributed by atoms with van der Waals surface area (Å²) in [6, 6.07) is 11.4. The summed E-state index contributed by atoms with van der Waals surface area (Å²) in [5.74, 6) is -2.43. The van der Waals surface area contributed by atoms with Crippen molar-refractivity contribution in [3.8, 4) is 0 Å². The molecule has 7 heteroatoms. The van der Waals surface area contributed by atoms with E-state index < -0.39 is 17.5 Å². The molecule has 1 aliphatic heterocycles. The molecule has 3 rings (SSSR count). The number of hydrogen-bond donors (Lipinski definition) is 2. The van der Waals surface area contributed by atoms with Crippen molar-refractivity contribution in [2.24, 2.45) is 4.99 Å². The minimum atomic E-state index is -1.77. The normalized spacial score (nSPS) is 18.9. The van der Waals surface area contributed by atoms with Gasteiger partial charge in [0.05, 0.1) is 15.4 Å². The lowest BCUT2D eigenvalue weighted by molar-refractivity contribution is -0.141. The van der Waals surface area contributed by atoms with E-state index >= 15 is 0 Å². The maximum atomic E-state index is 12.3. The fourth-order valence-electron chi connectivity index (χ4n) is 2.83. The fourth-order valence-corrected chi connectivity index (χ4v) is 3.15. The SMILES string of the molecule is O=C(O)C=CC1=c2cc(Cl)c(Cl)cc2=NC1(C(=O)O)c1ccccc1. The van der Waals surface area contributed by atoms with E-state index in [9.17, 15) is 14.7 Å². The van der Waals surface area contributed by atoms with Gasteiger partial charge >= 0.3 is 11.9 Å². The van der Waals surface area contributed by atoms with E-state index in [0.717, 1.165) is 6.08 Å². The highest BCUT2D eigenvalue weighted by molar-refractivity contribution is 6.41. The third-order valence-corrected chi connectivity index (χ3v) is 4.62. The van der Waals surface area contributed by atoms with Crippen LogP contribution in [-0.4, -0.2) is 22.2 Å². The molecule has 1 aliphatic rings. The second-order valence-electron chi connectivity index (χ2n) is 5.36. The lowest BCUT2D eigenvalue weighted by Crippen LogP contribution is -2.34. The maximum absolute atomic E-state index is 12.3. The van der Waals surface area contributed by atoms with Gasteiger partial charge in [-0.1, -0.05) is 53.5 Å². The topological polar surface area (TPSA) is 87.0 Å². The summed E-state index contributed by atoms with van der Waals surface area (Å²) in [6.07, 6.45) is 2.12. The summed E-state index contributed by atoms with van der Waals surface area (Å²) in [6.45, 7) is 0. The average Bonchev–Trinajstić information content (AvgIpc) is 2.88. The summed E-state index contributed by atoms with van der Waals surface area (Å²) in [7, 11) is 0. The van der Waals surface area contributed by atoms with Crippen LogP contribution in [0.4, 0.5) is 0 Å². The number of carboxylic acid groups (broad SMARTS) is 2. The van der Waals surface area contributed by atoms with E-state index in [0.29, 0.717) is 16.1 Å². The van der Waals surface area contributed by atoms with Gasteiger partial charge in [-0.25, -0.2) is 9.59 Å². The molecule has 2 N–H and O–H groups in total. The van der Waals surface area contributed by atoms with E-state index in [4.69, 9.17) is 28.3 Å². The van der Waals surface area contributed by atoms with E-state index in [2.05, 4.69) is 4.99 Å². The number of halogens is 2. The molecule has 0 bridgehead atoms. The van der Waals surface area contributed by atoms with Gasteiger partial charge < -0.3 is 10.2 Å². The van der Waals surface area contributed by atoms with Crippen molar-refractivity contribution >= 4 is 40.7 Å². The number of nitrogens with zero attached hydrogens (tertiary/aromatic N) is 1. The second kappa shape index (κ2) is 6.35. The van der Waals surface area contributed by atoms with Crippen LogP contribution in [0.25, 0.3) is 5.57 Å². The molecule has 1 unspecified atom stereocenters. The van der Waals surface area contributed by atoms with Gasteiger partial charge in [0.15, 0.2) is 0 Å². The van der Waals surface area contributed by atoms with Crippen LogP contribution in [0.15, 0.2) is 59.6 Å². The van der Waals surface area contributed by atoms with Gasteiger partial charge in [0.25, 0.3) is 0 Å². The largest absolute Gasteiger partial charge is 0.479 e. The Balaban J connectivity index is 2.45. The predicted octanol–water partition coefficient (Wildman–Crippen LogP) is 2.40. The Hall–Kier alpha value is -2.63. The van der Waals surface area contributed by atoms with Gasteiger partial charge in [-0.3, -0.25) is 4.99 Å². The summed E-state index contributed by atoms with van der Waals surface area (Å²) in [5.41, 5.74) is -1.16. The van der Waals surface area contributed by atoms with E-state index in [1.54, 1.807) is 30.3 Å². The van der Waals surface area contributed by atoms with Crippen molar-refractivity contribution in [3.63, 3.8) is 0 Å². The van der Waals surface area contributed by atoms with Crippen LogP contribution >= 0.6 is 23.2 Å². The first-order chi connectivity index (χ1) is 11.9. The second-order valence-corrected chi connectivity index (χ2v) is 6.18. The average molecular weight is 376 g/mol. The third-order valence-electron chi connectivity index (χ3n) is 3.90. The first kappa shape index (κ1) is 17.2. The molecule has 2 aromatic rings. The maximum Gasteiger partial charge on any atom is 0.341 e. The smallest absolute Gasteiger partial charge is 0.341 e. The zero-order valence-corrected chi connectivity index (χ0v) is 14.1. The number of carbonyl (C=O) groups is 2. The van der Waals surface area contributed by atoms with Crippen LogP contribution in [0.2, 0.25) is 10.0 Å². The Morgan fingerprint density at radius 3 is 2.28 bits per heavy atom. The Morgan fingerprint density at radius 1 is 1.04 bits per heavy atom. The summed E-state index contributed by atoms with van der Waals surface area (Å²) < 4.78 is 0. The van der Waals surface area contributed by atoms with Crippen LogP contribution in [0.5, 0.6) is 0 Å². The standard InChI is InChI=1S/C18H11Cl2NO4/c19-13-8-11-12(6-7-16(22)23)18(17(24)25,10-4-2-1-3-5-10)21-15(11)9-14(13)20/h1-9H,(H,22,23)(H,24,25). The van der Waals surface area contributed by atoms with E-state index in [1.165, 1.54) is 18.2 Å². The number of rotatable bonds is 4. The number of fused-ring (bicyclic) bond motifs is 1. The molecule has 0 fully saturated rings. The quantitative estimate of drug-likeness (QED) is 0.803. The lowest BCUT2D eigenvalue weighted by Gasteiger charge is -2.24. The van der Waals surface area contributed by atoms with E-state index in [1.807, 2.05) is 0 Å². The molecule has 1 heterocycles. The molecule has 0 saturated carbocycles. The Labute approximate surface area is 152 Å². The third kappa shape index (κ3) is 2.81. The molecule has 2 aromatic carbocycles. The Bertz CT molecular complexity index is 1030. The zero-order chi connectivity index (χ0) is 18.2. The van der Waals surface area contributed by atoms with Crippen LogP contribution in [-0.2, 0) is 15.1 Å². The number of carboxylic acids is 2. The molecular formula is C18H11Cl2NO4. The van der Waals surface area contributed by atoms with Crippen molar-refractivity contribution < 1.29 is 19.8 Å². The zero-order valence-electron chi connectivity index (χ0n) is 12.6. The molecule has 0 radical (unpaired) electrons. The Kier molecular flexibility index (Phi) is 4.37. The minimum absolute atomic E-state index is 0.210. The molecule has 0 spiro atoms. The van der Waals surface area contributed by atoms with Gasteiger partial charge in [0, 0.05) is 16.9 Å². The van der Waals surface area contributed by atoms with Crippen LogP contribution < -0.4 is 10.6 Å². The van der Waals surface area contributed by atoms with Crippen molar-refractivity contribution in [2.75, 3.05) is 0 Å². The van der Waals surface area contributed by atoms with Gasteiger partial charge in [-0.05, 0) is 23.8 Å². The van der Waals surface area contributed by atoms with Crippen molar-refractivity contribution in [3.05, 3.63) is 80.8 Å². The van der Waals surface area contributed by atoms with Gasteiger partial charge in [0.1, 0.15) is 0 Å². The number of aliphatic carboxylic acids is 2. The van der Waals surface area contributed by atoms with Crippen LogP contribution in [0, 0.1) is 0 Å². The molecule has 1 atom stereocenters. The highest BCUT2D eigenvalue weighted by atomic mass is 35.5. The van der Waals surface area contributed by atoms with Gasteiger partial charge in [0.2, 0.25) is 5.54 Å². The molecule has 25 heavy (non-hydrogen) atoms. The molecule has 0 saturated heterocycles. The molecule has 0 aliphatic carbocycles. The molecule has 0 amide bonds. The molecule has 126 valence electrons. The molecule has 0 aromatic heterocycles. The van der Waals surface area contributed by atoms with E-state index in [-0.39, 0.29) is 15.6 Å². The summed E-state index contributed by atoms with van der Waals surface area (Å²) >= 11 is 12.1. The van der Waals surface area contributed by atoms with Crippen molar-refractivity contribution in [1.29, 1.82) is 0 Å². The number of hydrogen-bond acceptors (Lipinski definition) is 3. The minimum Gasteiger partial charge on any atom is -0.479 e. The van der Waals surface area contributed by atoms with Gasteiger partial charge in [-0.15, -0.1) is 0 Å². The summed E-state index contributed by atoms with van der Waals surface area (Å²) in [4.78, 5) is 27.6. The Morgan fingerprint density at radius 2 is 1.68 bits per heavy atom. The lowest BCUT2D eigenvalue weighted by atomic mass is 9.83. The predicted molar refractivity (Wildman–Crippen MR) is 93.2 cm³/mol. The van der Waals surface area contributed by atoms with Crippen molar-refractivity contribution in [2.45, 2.75) is 5.54 Å². The highest BCUT2D eigenvalue weighted by Gasteiger charge is 2.46. The summed E-state index contributed by atoms with van der Waals surface area (Å²) in [5, 5.41) is 20.2. The highest BCUT2D eigenvalue weighted by Crippen LogP contribution is 2.37. The first-order valence-corrected chi connectivity index (χ1v) is 7.91. The fraction of sp³-hybridized carbons (Fsp3) is 0.0556. The van der Waals surface area contributed by atoms with Gasteiger partial charge in [-0.2, -0.15) is 0 Å². The molecular weight excluding hydrogens is 365 g/mol.